The average Bonchev–Trinajstić information content (AvgIpc) is 2.58. The number of benzene rings is 2. The molecule has 142 valence electrons. The predicted molar refractivity (Wildman–Crippen MR) is 101 cm³/mol. The van der Waals surface area contributed by atoms with E-state index in [-0.39, 0.29) is 24.1 Å². The van der Waals surface area contributed by atoms with Crippen LogP contribution >= 0.6 is 12.4 Å². The van der Waals surface area contributed by atoms with E-state index in [2.05, 4.69) is 15.4 Å². The summed E-state index contributed by atoms with van der Waals surface area (Å²) in [6.45, 7) is -2.13. The van der Waals surface area contributed by atoms with Crippen LogP contribution in [0.15, 0.2) is 48.5 Å². The van der Waals surface area contributed by atoms with Gasteiger partial charge in [-0.3, -0.25) is 4.79 Å². The molecule has 0 unspecified atom stereocenters. The average molecular weight is 385 g/mol. The highest BCUT2D eigenvalue weighted by Gasteiger charge is 2.12. The Hall–Kier alpha value is -2.18. The Bertz CT molecular complexity index is 684. The summed E-state index contributed by atoms with van der Waals surface area (Å²) in [6.07, 6.45) is 1.56. The molecular weight excluding hydrogens is 362 g/mol. The van der Waals surface area contributed by atoms with Gasteiger partial charge in [0.05, 0.1) is 0 Å². The van der Waals surface area contributed by atoms with E-state index in [0.29, 0.717) is 24.1 Å². The van der Waals surface area contributed by atoms with Gasteiger partial charge in [-0.2, -0.15) is 8.78 Å². The lowest BCUT2D eigenvalue weighted by Gasteiger charge is -2.13. The topological polar surface area (TPSA) is 50.4 Å². The standard InChI is InChI=1S/C19H22F2N2O2.ClH/c1-22-11-5-8-18(24)23-16-9-10-17(25-19(20)21)15(13-16)12-14-6-3-2-4-7-14;/h2-4,6-7,9-10,13,19,22H,5,8,11-12H2,1H3,(H,23,24);1H. The van der Waals surface area contributed by atoms with Crippen LogP contribution in [0, 0.1) is 0 Å². The Labute approximate surface area is 158 Å². The number of hydrogen-bond donors (Lipinski definition) is 2. The molecule has 0 heterocycles. The second-order valence-electron chi connectivity index (χ2n) is 5.62. The van der Waals surface area contributed by atoms with Crippen molar-refractivity contribution in [3.8, 4) is 5.75 Å². The van der Waals surface area contributed by atoms with Crippen molar-refractivity contribution in [3.05, 3.63) is 59.7 Å². The molecule has 2 N–H and O–H groups in total. The van der Waals surface area contributed by atoms with Crippen molar-refractivity contribution < 1.29 is 18.3 Å². The number of hydrogen-bond acceptors (Lipinski definition) is 3. The van der Waals surface area contributed by atoms with Crippen molar-refractivity contribution in [1.29, 1.82) is 0 Å². The van der Waals surface area contributed by atoms with E-state index in [0.717, 1.165) is 18.5 Å². The highest BCUT2D eigenvalue weighted by atomic mass is 35.5. The molecule has 2 aromatic rings. The molecule has 0 aliphatic heterocycles. The molecule has 0 saturated carbocycles. The third-order valence-electron chi connectivity index (χ3n) is 3.63. The van der Waals surface area contributed by atoms with Crippen molar-refractivity contribution >= 4 is 24.0 Å². The zero-order valence-corrected chi connectivity index (χ0v) is 15.3. The first kappa shape index (κ1) is 21.9. The lowest BCUT2D eigenvalue weighted by Crippen LogP contribution is -2.15. The summed E-state index contributed by atoms with van der Waals surface area (Å²) in [5.41, 5.74) is 2.14. The zero-order valence-electron chi connectivity index (χ0n) is 14.5. The van der Waals surface area contributed by atoms with E-state index in [1.165, 1.54) is 6.07 Å². The molecule has 0 aliphatic carbocycles. The van der Waals surface area contributed by atoms with E-state index in [9.17, 15) is 13.6 Å². The third-order valence-corrected chi connectivity index (χ3v) is 3.63. The van der Waals surface area contributed by atoms with Crippen molar-refractivity contribution in [2.45, 2.75) is 25.9 Å². The summed E-state index contributed by atoms with van der Waals surface area (Å²) in [5, 5.41) is 5.78. The lowest BCUT2D eigenvalue weighted by atomic mass is 10.0. The Morgan fingerprint density at radius 2 is 1.88 bits per heavy atom. The maximum Gasteiger partial charge on any atom is 0.387 e. The minimum absolute atomic E-state index is 0. The fourth-order valence-corrected chi connectivity index (χ4v) is 2.47. The summed E-state index contributed by atoms with van der Waals surface area (Å²) < 4.78 is 29.9. The molecule has 0 radical (unpaired) electrons. The molecule has 2 aromatic carbocycles. The first-order chi connectivity index (χ1) is 12.1. The summed E-state index contributed by atoms with van der Waals surface area (Å²) in [6, 6.07) is 14.2. The monoisotopic (exact) mass is 384 g/mol. The maximum absolute atomic E-state index is 12.6. The molecule has 7 heteroatoms. The van der Waals surface area contributed by atoms with Gasteiger partial charge in [0.1, 0.15) is 5.75 Å². The van der Waals surface area contributed by atoms with E-state index in [1.807, 2.05) is 37.4 Å². The van der Waals surface area contributed by atoms with Gasteiger partial charge in [-0.05, 0) is 43.8 Å². The van der Waals surface area contributed by atoms with Crippen LogP contribution in [0.3, 0.4) is 0 Å². The van der Waals surface area contributed by atoms with Gasteiger partial charge in [0, 0.05) is 24.1 Å². The Balaban J connectivity index is 0.00000338. The van der Waals surface area contributed by atoms with Gasteiger partial charge in [0.2, 0.25) is 5.91 Å². The fraction of sp³-hybridized carbons (Fsp3) is 0.316. The lowest BCUT2D eigenvalue weighted by molar-refractivity contribution is -0.116. The van der Waals surface area contributed by atoms with Crippen LogP contribution in [-0.4, -0.2) is 26.1 Å². The van der Waals surface area contributed by atoms with Gasteiger partial charge in [0.15, 0.2) is 0 Å². The number of halogens is 3. The van der Waals surface area contributed by atoms with Crippen molar-refractivity contribution in [1.82, 2.24) is 5.32 Å². The highest BCUT2D eigenvalue weighted by molar-refractivity contribution is 5.90. The molecule has 4 nitrogen and oxygen atoms in total. The largest absolute Gasteiger partial charge is 0.435 e. The van der Waals surface area contributed by atoms with Crippen molar-refractivity contribution in [2.75, 3.05) is 18.9 Å². The second-order valence-corrected chi connectivity index (χ2v) is 5.62. The summed E-state index contributed by atoms with van der Waals surface area (Å²) in [4.78, 5) is 11.9. The normalized spacial score (nSPS) is 10.3. The van der Waals surface area contributed by atoms with Crippen molar-refractivity contribution in [3.63, 3.8) is 0 Å². The van der Waals surface area contributed by atoms with Crippen LogP contribution in [0.5, 0.6) is 5.75 Å². The highest BCUT2D eigenvalue weighted by Crippen LogP contribution is 2.27. The summed E-state index contributed by atoms with van der Waals surface area (Å²) in [5.74, 6) is 0.00970. The Morgan fingerprint density at radius 3 is 2.54 bits per heavy atom. The molecule has 0 bridgehead atoms. The van der Waals surface area contributed by atoms with Crippen LogP contribution in [-0.2, 0) is 11.2 Å². The molecule has 2 rings (SSSR count). The number of nitrogens with one attached hydrogen (secondary N) is 2. The minimum Gasteiger partial charge on any atom is -0.435 e. The molecule has 1 amide bonds. The summed E-state index contributed by atoms with van der Waals surface area (Å²) >= 11 is 0. The van der Waals surface area contributed by atoms with Gasteiger partial charge >= 0.3 is 6.61 Å². The van der Waals surface area contributed by atoms with Crippen molar-refractivity contribution in [2.24, 2.45) is 0 Å². The zero-order chi connectivity index (χ0) is 18.1. The van der Waals surface area contributed by atoms with Gasteiger partial charge in [-0.25, -0.2) is 0 Å². The van der Waals surface area contributed by atoms with Gasteiger partial charge in [-0.15, -0.1) is 12.4 Å². The van der Waals surface area contributed by atoms with Crippen LogP contribution in [0.25, 0.3) is 0 Å². The number of carbonyl (C=O) groups is 1. The fourth-order valence-electron chi connectivity index (χ4n) is 2.47. The Kier molecular flexibility index (Phi) is 9.62. The second kappa shape index (κ2) is 11.4. The van der Waals surface area contributed by atoms with Crippen LogP contribution in [0.4, 0.5) is 14.5 Å². The number of anilines is 1. The van der Waals surface area contributed by atoms with E-state index in [4.69, 9.17) is 0 Å². The van der Waals surface area contributed by atoms with Crippen LogP contribution in [0.2, 0.25) is 0 Å². The third kappa shape index (κ3) is 7.37. The molecule has 0 aromatic heterocycles. The smallest absolute Gasteiger partial charge is 0.387 e. The van der Waals surface area contributed by atoms with E-state index >= 15 is 0 Å². The quantitative estimate of drug-likeness (QED) is 0.636. The SMILES string of the molecule is CNCCCC(=O)Nc1ccc(OC(F)F)c(Cc2ccccc2)c1.Cl. The molecule has 0 saturated heterocycles. The van der Waals surface area contributed by atoms with Crippen LogP contribution in [0.1, 0.15) is 24.0 Å². The minimum atomic E-state index is -2.89. The molecule has 0 spiro atoms. The van der Waals surface area contributed by atoms with Crippen LogP contribution < -0.4 is 15.4 Å². The predicted octanol–water partition coefficient (Wildman–Crippen LogP) is 4.24. The maximum atomic E-state index is 12.6. The van der Waals surface area contributed by atoms with E-state index < -0.39 is 6.61 Å². The Morgan fingerprint density at radius 1 is 1.15 bits per heavy atom. The molecule has 0 aliphatic rings. The molecule has 0 fully saturated rings. The van der Waals surface area contributed by atoms with Gasteiger partial charge < -0.3 is 15.4 Å². The number of carbonyl (C=O) groups excluding carboxylic acids is 1. The summed E-state index contributed by atoms with van der Waals surface area (Å²) in [7, 11) is 1.83. The van der Waals surface area contributed by atoms with Gasteiger partial charge in [0.25, 0.3) is 0 Å². The molecule has 0 atom stereocenters. The number of alkyl halides is 2. The first-order valence-electron chi connectivity index (χ1n) is 8.14. The molecular formula is C19H23ClF2N2O2. The molecule has 26 heavy (non-hydrogen) atoms. The first-order valence-corrected chi connectivity index (χ1v) is 8.14. The number of rotatable bonds is 9. The van der Waals surface area contributed by atoms with E-state index in [1.54, 1.807) is 12.1 Å². The number of amides is 1. The number of ether oxygens (including phenoxy) is 1. The van der Waals surface area contributed by atoms with Gasteiger partial charge in [-0.1, -0.05) is 30.3 Å².